The lowest BCUT2D eigenvalue weighted by atomic mass is 9.77. The molecule has 0 radical (unpaired) electrons. The maximum Gasteiger partial charge on any atom is 0.0626 e. The first kappa shape index (κ1) is 12.0. The van der Waals surface area contributed by atoms with Crippen molar-refractivity contribution in [3.63, 3.8) is 0 Å². The smallest absolute Gasteiger partial charge is 0.0626 e. The van der Waals surface area contributed by atoms with E-state index in [1.807, 2.05) is 12.3 Å². The highest BCUT2D eigenvalue weighted by Crippen LogP contribution is 2.32. The van der Waals surface area contributed by atoms with Gasteiger partial charge in [-0.1, -0.05) is 33.8 Å². The van der Waals surface area contributed by atoms with Crippen LogP contribution in [0.25, 0.3) is 6.08 Å². The molecule has 0 saturated heterocycles. The van der Waals surface area contributed by atoms with E-state index in [4.69, 9.17) is 0 Å². The molecule has 0 bridgehead atoms. The minimum absolute atomic E-state index is 0.287. The van der Waals surface area contributed by atoms with E-state index in [0.29, 0.717) is 0 Å². The van der Waals surface area contributed by atoms with E-state index in [9.17, 15) is 0 Å². The van der Waals surface area contributed by atoms with Crippen molar-refractivity contribution >= 4 is 6.08 Å². The summed E-state index contributed by atoms with van der Waals surface area (Å²) < 4.78 is 0. The largest absolute Gasteiger partial charge is 0.257 e. The second kappa shape index (κ2) is 5.11. The molecule has 0 fully saturated rings. The molecule has 1 heteroatoms. The summed E-state index contributed by atoms with van der Waals surface area (Å²) in [5.41, 5.74) is 2.65. The molecule has 0 aliphatic rings. The average Bonchev–Trinajstić information content (AvgIpc) is 2.29. The Kier molecular flexibility index (Phi) is 4.07. The zero-order valence-corrected chi connectivity index (χ0v) is 10.1. The van der Waals surface area contributed by atoms with Crippen molar-refractivity contribution < 1.29 is 0 Å². The maximum absolute atomic E-state index is 4.25. The number of aromatic nitrogens is 1. The number of nitrogens with zero attached hydrogens (tertiary/aromatic N) is 1. The highest BCUT2D eigenvalue weighted by Gasteiger charge is 2.23. The Morgan fingerprint density at radius 3 is 2.73 bits per heavy atom. The van der Waals surface area contributed by atoms with E-state index in [1.165, 1.54) is 24.8 Å². The van der Waals surface area contributed by atoms with Gasteiger partial charge in [0.1, 0.15) is 0 Å². The fraction of sp³-hybridized carbons (Fsp3) is 0.500. The van der Waals surface area contributed by atoms with Crippen molar-refractivity contribution in [3.8, 4) is 0 Å². The van der Waals surface area contributed by atoms with Crippen LogP contribution in [0.15, 0.2) is 24.9 Å². The highest BCUT2D eigenvalue weighted by molar-refractivity contribution is 5.43. The fourth-order valence-corrected chi connectivity index (χ4v) is 2.01. The lowest BCUT2D eigenvalue weighted by Crippen LogP contribution is -2.20. The molecule has 1 aromatic heterocycles. The summed E-state index contributed by atoms with van der Waals surface area (Å²) in [6, 6.07) is 4.29. The van der Waals surface area contributed by atoms with E-state index in [1.54, 1.807) is 0 Å². The van der Waals surface area contributed by atoms with Crippen molar-refractivity contribution in [2.75, 3.05) is 0 Å². The molecule has 0 amide bonds. The monoisotopic (exact) mass is 203 g/mol. The standard InChI is InChI=1S/C14H21N/c1-5-9-14(4,7-3)12-8-10-15-13(6-2)11-12/h6,8,10-11H,2,5,7,9H2,1,3-4H3. The van der Waals surface area contributed by atoms with Crippen LogP contribution in [0.4, 0.5) is 0 Å². The maximum atomic E-state index is 4.25. The summed E-state index contributed by atoms with van der Waals surface area (Å²) in [5, 5.41) is 0. The van der Waals surface area contributed by atoms with Crippen LogP contribution in [0, 0.1) is 0 Å². The van der Waals surface area contributed by atoms with Crippen molar-refractivity contribution in [1.82, 2.24) is 4.98 Å². The van der Waals surface area contributed by atoms with Gasteiger partial charge in [-0.15, -0.1) is 0 Å². The predicted octanol–water partition coefficient (Wildman–Crippen LogP) is 4.19. The van der Waals surface area contributed by atoms with Gasteiger partial charge in [-0.3, -0.25) is 4.98 Å². The molecular weight excluding hydrogens is 182 g/mol. The van der Waals surface area contributed by atoms with Crippen LogP contribution >= 0.6 is 0 Å². The van der Waals surface area contributed by atoms with Crippen molar-refractivity contribution in [2.45, 2.75) is 45.4 Å². The van der Waals surface area contributed by atoms with Crippen molar-refractivity contribution in [2.24, 2.45) is 0 Å². The topological polar surface area (TPSA) is 12.9 Å². The van der Waals surface area contributed by atoms with Gasteiger partial charge in [0.05, 0.1) is 5.69 Å². The molecule has 0 aliphatic heterocycles. The Bertz CT molecular complexity index is 330. The van der Waals surface area contributed by atoms with Gasteiger partial charge >= 0.3 is 0 Å². The van der Waals surface area contributed by atoms with Crippen LogP contribution in [0.1, 0.15) is 51.3 Å². The van der Waals surface area contributed by atoms with Crippen LogP contribution in [0.3, 0.4) is 0 Å². The molecule has 82 valence electrons. The van der Waals surface area contributed by atoms with Gasteiger partial charge in [-0.05, 0) is 42.0 Å². The number of pyridine rings is 1. The Hall–Kier alpha value is -1.11. The minimum atomic E-state index is 0.287. The number of hydrogen-bond acceptors (Lipinski definition) is 1. The van der Waals surface area contributed by atoms with Crippen LogP contribution in [-0.2, 0) is 5.41 Å². The van der Waals surface area contributed by atoms with Crippen molar-refractivity contribution in [3.05, 3.63) is 36.2 Å². The summed E-state index contributed by atoms with van der Waals surface area (Å²) in [6.45, 7) is 10.6. The highest BCUT2D eigenvalue weighted by atomic mass is 14.7. The molecule has 1 aromatic rings. The molecule has 0 aliphatic carbocycles. The summed E-state index contributed by atoms with van der Waals surface area (Å²) in [5.74, 6) is 0. The van der Waals surface area contributed by atoms with E-state index in [-0.39, 0.29) is 5.41 Å². The van der Waals surface area contributed by atoms with E-state index < -0.39 is 0 Å². The molecule has 1 nitrogen and oxygen atoms in total. The summed E-state index contributed by atoms with van der Waals surface area (Å²) in [7, 11) is 0. The van der Waals surface area contributed by atoms with Crippen LogP contribution in [0.2, 0.25) is 0 Å². The molecule has 1 unspecified atom stereocenters. The first-order valence-corrected chi connectivity index (χ1v) is 5.75. The second-order valence-electron chi connectivity index (χ2n) is 4.34. The summed E-state index contributed by atoms with van der Waals surface area (Å²) in [4.78, 5) is 4.25. The van der Waals surface area contributed by atoms with Gasteiger partial charge in [-0.25, -0.2) is 0 Å². The molecule has 0 spiro atoms. The Labute approximate surface area is 93.2 Å². The predicted molar refractivity (Wildman–Crippen MR) is 66.9 cm³/mol. The molecule has 0 N–H and O–H groups in total. The summed E-state index contributed by atoms with van der Waals surface area (Å²) >= 11 is 0. The van der Waals surface area contributed by atoms with E-state index in [2.05, 4.69) is 44.5 Å². The molecule has 1 heterocycles. The zero-order valence-electron chi connectivity index (χ0n) is 10.1. The lowest BCUT2D eigenvalue weighted by molar-refractivity contribution is 0.413. The third kappa shape index (κ3) is 2.68. The van der Waals surface area contributed by atoms with E-state index >= 15 is 0 Å². The Morgan fingerprint density at radius 2 is 2.20 bits per heavy atom. The third-order valence-corrected chi connectivity index (χ3v) is 3.27. The number of rotatable bonds is 5. The molecule has 1 rings (SSSR count). The Morgan fingerprint density at radius 1 is 1.47 bits per heavy atom. The minimum Gasteiger partial charge on any atom is -0.257 e. The van der Waals surface area contributed by atoms with Gasteiger partial charge in [0.25, 0.3) is 0 Å². The first-order valence-electron chi connectivity index (χ1n) is 5.75. The third-order valence-electron chi connectivity index (χ3n) is 3.27. The molecule has 0 saturated carbocycles. The zero-order chi connectivity index (χ0) is 11.3. The van der Waals surface area contributed by atoms with Crippen LogP contribution in [0.5, 0.6) is 0 Å². The SMILES string of the molecule is C=Cc1cc(C(C)(CC)CCC)ccn1. The average molecular weight is 203 g/mol. The fourth-order valence-electron chi connectivity index (χ4n) is 2.01. The van der Waals surface area contributed by atoms with Gasteiger partial charge < -0.3 is 0 Å². The van der Waals surface area contributed by atoms with Gasteiger partial charge in [0.2, 0.25) is 0 Å². The normalized spacial score (nSPS) is 14.6. The Balaban J connectivity index is 3.05. The van der Waals surface area contributed by atoms with Gasteiger partial charge in [0, 0.05) is 6.20 Å². The van der Waals surface area contributed by atoms with Crippen molar-refractivity contribution in [1.29, 1.82) is 0 Å². The molecule has 0 aromatic carbocycles. The molecule has 1 atom stereocenters. The van der Waals surface area contributed by atoms with Crippen LogP contribution < -0.4 is 0 Å². The van der Waals surface area contributed by atoms with Gasteiger partial charge in [-0.2, -0.15) is 0 Å². The quantitative estimate of drug-likeness (QED) is 0.699. The van der Waals surface area contributed by atoms with Crippen LogP contribution in [-0.4, -0.2) is 4.98 Å². The van der Waals surface area contributed by atoms with E-state index in [0.717, 1.165) is 5.69 Å². The van der Waals surface area contributed by atoms with Gasteiger partial charge in [0.15, 0.2) is 0 Å². The lowest BCUT2D eigenvalue weighted by Gasteiger charge is -2.28. The molecular formula is C14H21N. The molecule has 15 heavy (non-hydrogen) atoms. The number of hydrogen-bond donors (Lipinski definition) is 0. The first-order chi connectivity index (χ1) is 7.16. The summed E-state index contributed by atoms with van der Waals surface area (Å²) in [6.07, 6.45) is 7.31. The second-order valence-corrected chi connectivity index (χ2v) is 4.34.